The van der Waals surface area contributed by atoms with Gasteiger partial charge in [0.15, 0.2) is 5.69 Å². The summed E-state index contributed by atoms with van der Waals surface area (Å²) in [7, 11) is 1.62. The number of nitrogens with one attached hydrogen (secondary N) is 1. The molecule has 1 amide bonds. The lowest BCUT2D eigenvalue weighted by Gasteiger charge is -2.08. The maximum absolute atomic E-state index is 12.3. The first-order valence-electron chi connectivity index (χ1n) is 7.67. The molecule has 6 nitrogen and oxygen atoms in total. The van der Waals surface area contributed by atoms with Crippen LogP contribution in [0.1, 0.15) is 21.6 Å². The van der Waals surface area contributed by atoms with E-state index in [9.17, 15) is 4.79 Å². The number of aryl methyl sites for hydroxylation is 1. The molecule has 1 aromatic heterocycles. The molecular formula is C18H17ClN4O2. The maximum Gasteiger partial charge on any atom is 0.273 e. The monoisotopic (exact) mass is 356 g/mol. The van der Waals surface area contributed by atoms with Crippen molar-refractivity contribution in [2.45, 2.75) is 13.5 Å². The molecule has 0 unspecified atom stereocenters. The molecular weight excluding hydrogens is 340 g/mol. The third kappa shape index (κ3) is 3.80. The van der Waals surface area contributed by atoms with Gasteiger partial charge in [0, 0.05) is 6.54 Å². The van der Waals surface area contributed by atoms with Crippen molar-refractivity contribution in [1.82, 2.24) is 20.3 Å². The SMILES string of the molecule is COc1cc(CNC(=O)c2cn(-c3ccccc3Cl)nn2)ccc1C. The van der Waals surface area contributed by atoms with Crippen LogP contribution in [0.25, 0.3) is 5.69 Å². The van der Waals surface area contributed by atoms with Gasteiger partial charge in [-0.15, -0.1) is 5.10 Å². The first-order valence-corrected chi connectivity index (χ1v) is 8.05. The van der Waals surface area contributed by atoms with Crippen molar-refractivity contribution in [2.24, 2.45) is 0 Å². The number of halogens is 1. The van der Waals surface area contributed by atoms with Crippen LogP contribution < -0.4 is 10.1 Å². The van der Waals surface area contributed by atoms with Crippen molar-refractivity contribution >= 4 is 17.5 Å². The van der Waals surface area contributed by atoms with E-state index < -0.39 is 0 Å². The van der Waals surface area contributed by atoms with E-state index in [0.29, 0.717) is 17.3 Å². The van der Waals surface area contributed by atoms with Crippen LogP contribution in [0.15, 0.2) is 48.7 Å². The average Bonchev–Trinajstić information content (AvgIpc) is 3.11. The molecule has 3 aromatic rings. The smallest absolute Gasteiger partial charge is 0.273 e. The van der Waals surface area contributed by atoms with Gasteiger partial charge in [-0.05, 0) is 36.2 Å². The molecule has 0 saturated carbocycles. The topological polar surface area (TPSA) is 69.0 Å². The molecule has 0 saturated heterocycles. The highest BCUT2D eigenvalue weighted by molar-refractivity contribution is 6.32. The largest absolute Gasteiger partial charge is 0.496 e. The second kappa shape index (κ2) is 7.36. The highest BCUT2D eigenvalue weighted by Crippen LogP contribution is 2.20. The fourth-order valence-electron chi connectivity index (χ4n) is 2.37. The number of amides is 1. The molecule has 3 rings (SSSR count). The van der Waals surface area contributed by atoms with E-state index in [4.69, 9.17) is 16.3 Å². The Hall–Kier alpha value is -2.86. The van der Waals surface area contributed by atoms with E-state index in [2.05, 4.69) is 15.6 Å². The fraction of sp³-hybridized carbons (Fsp3) is 0.167. The lowest BCUT2D eigenvalue weighted by molar-refractivity contribution is 0.0946. The Balaban J connectivity index is 1.69. The van der Waals surface area contributed by atoms with E-state index in [0.717, 1.165) is 16.9 Å². The van der Waals surface area contributed by atoms with Gasteiger partial charge in [0.25, 0.3) is 5.91 Å². The zero-order valence-corrected chi connectivity index (χ0v) is 14.6. The van der Waals surface area contributed by atoms with E-state index >= 15 is 0 Å². The number of nitrogens with zero attached hydrogens (tertiary/aromatic N) is 3. The summed E-state index contributed by atoms with van der Waals surface area (Å²) in [5, 5.41) is 11.2. The molecule has 0 aliphatic heterocycles. The Morgan fingerprint density at radius 3 is 2.84 bits per heavy atom. The normalized spacial score (nSPS) is 10.5. The van der Waals surface area contributed by atoms with E-state index in [1.807, 2.05) is 37.3 Å². The standard InChI is InChI=1S/C18H17ClN4O2/c1-12-7-8-13(9-17(12)25-2)10-20-18(24)15-11-23(22-21-15)16-6-4-3-5-14(16)19/h3-9,11H,10H2,1-2H3,(H,20,24). The number of aromatic nitrogens is 3. The van der Waals surface area contributed by atoms with Gasteiger partial charge >= 0.3 is 0 Å². The van der Waals surface area contributed by atoms with Crippen LogP contribution in [0, 0.1) is 6.92 Å². The Bertz CT molecular complexity index is 908. The van der Waals surface area contributed by atoms with Crippen molar-refractivity contribution in [3.05, 3.63) is 70.5 Å². The molecule has 0 spiro atoms. The van der Waals surface area contributed by atoms with E-state index in [-0.39, 0.29) is 11.6 Å². The molecule has 7 heteroatoms. The number of para-hydroxylation sites is 1. The van der Waals surface area contributed by atoms with Crippen LogP contribution in [-0.2, 0) is 6.54 Å². The molecule has 0 fully saturated rings. The van der Waals surface area contributed by atoms with Crippen LogP contribution in [0.4, 0.5) is 0 Å². The van der Waals surface area contributed by atoms with Crippen molar-refractivity contribution in [3.8, 4) is 11.4 Å². The Kier molecular flexibility index (Phi) is 5.00. The summed E-state index contributed by atoms with van der Waals surface area (Å²) in [6.45, 7) is 2.34. The molecule has 1 heterocycles. The van der Waals surface area contributed by atoms with Gasteiger partial charge in [0.05, 0.1) is 24.0 Å². The lowest BCUT2D eigenvalue weighted by Crippen LogP contribution is -2.23. The Morgan fingerprint density at radius 1 is 1.28 bits per heavy atom. The summed E-state index contributed by atoms with van der Waals surface area (Å²) in [6.07, 6.45) is 1.55. The summed E-state index contributed by atoms with van der Waals surface area (Å²) in [5.41, 5.74) is 2.87. The second-order valence-corrected chi connectivity index (χ2v) is 5.89. The number of rotatable bonds is 5. The number of carbonyl (C=O) groups is 1. The first-order chi connectivity index (χ1) is 12.1. The number of benzene rings is 2. The van der Waals surface area contributed by atoms with E-state index in [1.54, 1.807) is 25.4 Å². The Morgan fingerprint density at radius 2 is 2.08 bits per heavy atom. The van der Waals surface area contributed by atoms with Gasteiger partial charge in [-0.2, -0.15) is 0 Å². The van der Waals surface area contributed by atoms with Crippen LogP contribution >= 0.6 is 11.6 Å². The predicted molar refractivity (Wildman–Crippen MR) is 95.3 cm³/mol. The number of carbonyl (C=O) groups excluding carboxylic acids is 1. The van der Waals surface area contributed by atoms with Gasteiger partial charge in [0.2, 0.25) is 0 Å². The highest BCUT2D eigenvalue weighted by atomic mass is 35.5. The predicted octanol–water partition coefficient (Wildman–Crippen LogP) is 3.17. The second-order valence-electron chi connectivity index (χ2n) is 5.49. The van der Waals surface area contributed by atoms with Crippen LogP contribution in [-0.4, -0.2) is 28.0 Å². The minimum absolute atomic E-state index is 0.221. The van der Waals surface area contributed by atoms with Crippen LogP contribution in [0.5, 0.6) is 5.75 Å². The van der Waals surface area contributed by atoms with E-state index in [1.165, 1.54) is 4.68 Å². The van der Waals surface area contributed by atoms with Gasteiger partial charge in [-0.3, -0.25) is 4.79 Å². The molecule has 0 aliphatic carbocycles. The molecule has 25 heavy (non-hydrogen) atoms. The molecule has 0 atom stereocenters. The minimum Gasteiger partial charge on any atom is -0.496 e. The zero-order chi connectivity index (χ0) is 17.8. The third-order valence-corrected chi connectivity index (χ3v) is 4.07. The average molecular weight is 357 g/mol. The van der Waals surface area contributed by atoms with Crippen molar-refractivity contribution in [3.63, 3.8) is 0 Å². The number of methoxy groups -OCH3 is 1. The fourth-order valence-corrected chi connectivity index (χ4v) is 2.59. The van der Waals surface area contributed by atoms with Crippen molar-refractivity contribution < 1.29 is 9.53 Å². The molecule has 128 valence electrons. The van der Waals surface area contributed by atoms with Gasteiger partial charge in [-0.1, -0.05) is 41.1 Å². The summed E-state index contributed by atoms with van der Waals surface area (Å²) < 4.78 is 6.77. The molecule has 0 bridgehead atoms. The summed E-state index contributed by atoms with van der Waals surface area (Å²) >= 11 is 6.13. The number of ether oxygens (including phenoxy) is 1. The van der Waals surface area contributed by atoms with Crippen molar-refractivity contribution in [1.29, 1.82) is 0 Å². The molecule has 2 aromatic carbocycles. The summed E-state index contributed by atoms with van der Waals surface area (Å²) in [5.74, 6) is 0.481. The van der Waals surface area contributed by atoms with Crippen LogP contribution in [0.3, 0.4) is 0 Å². The number of hydrogen-bond acceptors (Lipinski definition) is 4. The summed E-state index contributed by atoms with van der Waals surface area (Å²) in [6, 6.07) is 13.0. The lowest BCUT2D eigenvalue weighted by atomic mass is 10.1. The quantitative estimate of drug-likeness (QED) is 0.762. The Labute approximate surface area is 150 Å². The number of hydrogen-bond donors (Lipinski definition) is 1. The summed E-state index contributed by atoms with van der Waals surface area (Å²) in [4.78, 5) is 12.3. The van der Waals surface area contributed by atoms with Crippen LogP contribution in [0.2, 0.25) is 5.02 Å². The van der Waals surface area contributed by atoms with Crippen molar-refractivity contribution in [2.75, 3.05) is 7.11 Å². The molecule has 0 aliphatic rings. The third-order valence-electron chi connectivity index (χ3n) is 3.75. The molecule has 0 radical (unpaired) electrons. The highest BCUT2D eigenvalue weighted by Gasteiger charge is 2.13. The minimum atomic E-state index is -0.308. The first kappa shape index (κ1) is 17.0. The van der Waals surface area contributed by atoms with Gasteiger partial charge in [0.1, 0.15) is 5.75 Å². The molecule has 1 N–H and O–H groups in total. The van der Waals surface area contributed by atoms with Gasteiger partial charge in [-0.25, -0.2) is 4.68 Å². The zero-order valence-electron chi connectivity index (χ0n) is 13.9. The maximum atomic E-state index is 12.3. The van der Waals surface area contributed by atoms with Gasteiger partial charge < -0.3 is 10.1 Å².